The van der Waals surface area contributed by atoms with Gasteiger partial charge in [-0.15, -0.1) is 0 Å². The molecule has 37 heavy (non-hydrogen) atoms. The molecule has 0 bridgehead atoms. The molecule has 1 aromatic heterocycles. The molecule has 0 unspecified atom stereocenters. The quantitative estimate of drug-likeness (QED) is 0.430. The molecule has 3 N–H and O–H groups in total. The number of fused-ring (bicyclic) bond motifs is 7. The number of rotatable bonds is 8. The molecule has 7 heteroatoms. The van der Waals surface area contributed by atoms with Gasteiger partial charge in [0.1, 0.15) is 12.1 Å². The number of benzene rings is 2. The Morgan fingerprint density at radius 3 is 2.51 bits per heavy atom. The highest BCUT2D eigenvalue weighted by Crippen LogP contribution is 2.46. The van der Waals surface area contributed by atoms with Gasteiger partial charge >= 0.3 is 0 Å². The summed E-state index contributed by atoms with van der Waals surface area (Å²) in [5.41, 5.74) is 4.55. The van der Waals surface area contributed by atoms with E-state index < -0.39 is 12.1 Å². The number of aromatic amines is 1. The average Bonchev–Trinajstić information content (AvgIpc) is 3.38. The summed E-state index contributed by atoms with van der Waals surface area (Å²) < 4.78 is 0. The van der Waals surface area contributed by atoms with Crippen molar-refractivity contribution >= 4 is 28.6 Å². The van der Waals surface area contributed by atoms with Crippen molar-refractivity contribution in [2.45, 2.75) is 65.1 Å². The summed E-state index contributed by atoms with van der Waals surface area (Å²) >= 11 is 0. The molecular weight excluding hydrogens is 464 g/mol. The molecule has 0 aliphatic carbocycles. The molecule has 3 aromatic rings. The second kappa shape index (κ2) is 10.0. The van der Waals surface area contributed by atoms with Crippen molar-refractivity contribution in [3.63, 3.8) is 0 Å². The summed E-state index contributed by atoms with van der Waals surface area (Å²) in [7, 11) is 0. The van der Waals surface area contributed by atoms with E-state index in [1.807, 2.05) is 56.3 Å². The van der Waals surface area contributed by atoms with Crippen LogP contribution in [0.2, 0.25) is 0 Å². The van der Waals surface area contributed by atoms with Crippen LogP contribution in [-0.4, -0.2) is 46.2 Å². The highest BCUT2D eigenvalue weighted by atomic mass is 16.2. The molecule has 7 nitrogen and oxygen atoms in total. The second-order valence-corrected chi connectivity index (χ2v) is 11.1. The Kier molecular flexibility index (Phi) is 6.80. The molecule has 2 aliphatic heterocycles. The number of carbonyl (C=O) groups excluding carboxylic acids is 3. The third-order valence-corrected chi connectivity index (χ3v) is 7.52. The van der Waals surface area contributed by atoms with Gasteiger partial charge in [0.25, 0.3) is 5.91 Å². The van der Waals surface area contributed by atoms with E-state index in [4.69, 9.17) is 0 Å². The lowest BCUT2D eigenvalue weighted by atomic mass is 9.89. The van der Waals surface area contributed by atoms with Gasteiger partial charge in [-0.1, -0.05) is 64.1 Å². The van der Waals surface area contributed by atoms with E-state index in [9.17, 15) is 14.4 Å². The summed E-state index contributed by atoms with van der Waals surface area (Å²) in [5, 5.41) is 7.09. The summed E-state index contributed by atoms with van der Waals surface area (Å²) in [6, 6.07) is 13.9. The molecule has 0 radical (unpaired) electrons. The first-order chi connectivity index (χ1) is 17.8. The molecule has 2 aromatic carbocycles. The van der Waals surface area contributed by atoms with Gasteiger partial charge in [0.2, 0.25) is 11.8 Å². The Morgan fingerprint density at radius 1 is 1.03 bits per heavy atom. The normalized spacial score (nSPS) is 19.1. The number of hydrogen-bond acceptors (Lipinski definition) is 3. The minimum Gasteiger partial charge on any atom is -0.356 e. The molecule has 3 amide bonds. The minimum absolute atomic E-state index is 0.146. The number of para-hydroxylation sites is 1. The molecule has 3 atom stereocenters. The van der Waals surface area contributed by atoms with Gasteiger partial charge in [0, 0.05) is 35.1 Å². The topological polar surface area (TPSA) is 94.3 Å². The number of nitrogens with one attached hydrogen (secondary N) is 3. The van der Waals surface area contributed by atoms with Crippen LogP contribution in [0.1, 0.15) is 73.8 Å². The maximum absolute atomic E-state index is 13.9. The Hall–Kier alpha value is -3.61. The molecule has 0 fully saturated rings. The Labute approximate surface area is 218 Å². The number of carbonyl (C=O) groups is 3. The first-order valence-electron chi connectivity index (χ1n) is 13.3. The SMILES string of the molecule is CC(C)CCNC(=O)[C@H](CC(C)C)NC(=O)[C@@H]1Cc2c([nH]c3ccccc23)[C@H]2c3ccccc3C(=O)N21. The zero-order valence-electron chi connectivity index (χ0n) is 22.0. The highest BCUT2D eigenvalue weighted by Gasteiger charge is 2.49. The standard InChI is InChI=1S/C30H36N4O3/c1-17(2)13-14-31-28(35)24(15-18(3)4)33-29(36)25-16-22-19-9-7-8-12-23(19)32-26(22)27-20-10-5-6-11-21(20)30(37)34(25)27/h5-12,17-18,24-25,27,32H,13-16H2,1-4H3,(H,31,35)(H,33,36)/t24-,25-,27+/m0/s1. The Bertz CT molecular complexity index is 1340. The lowest BCUT2D eigenvalue weighted by Crippen LogP contribution is -2.56. The summed E-state index contributed by atoms with van der Waals surface area (Å²) in [6.45, 7) is 8.88. The van der Waals surface area contributed by atoms with Gasteiger partial charge in [0.15, 0.2) is 0 Å². The lowest BCUT2D eigenvalue weighted by molar-refractivity contribution is -0.132. The summed E-state index contributed by atoms with van der Waals surface area (Å²) in [6.07, 6.45) is 1.80. The van der Waals surface area contributed by atoms with Gasteiger partial charge in [-0.2, -0.15) is 0 Å². The fourth-order valence-corrected chi connectivity index (χ4v) is 5.72. The second-order valence-electron chi connectivity index (χ2n) is 11.1. The molecule has 0 saturated heterocycles. The van der Waals surface area contributed by atoms with Gasteiger partial charge in [-0.05, 0) is 47.9 Å². The van der Waals surface area contributed by atoms with Crippen molar-refractivity contribution in [2.24, 2.45) is 11.8 Å². The molecule has 5 rings (SSSR count). The number of H-pyrrole nitrogens is 1. The highest BCUT2D eigenvalue weighted by molar-refractivity contribution is 6.04. The predicted molar refractivity (Wildman–Crippen MR) is 144 cm³/mol. The fraction of sp³-hybridized carbons (Fsp3) is 0.433. The average molecular weight is 501 g/mol. The van der Waals surface area contributed by atoms with Gasteiger partial charge in [-0.3, -0.25) is 14.4 Å². The van der Waals surface area contributed by atoms with E-state index >= 15 is 0 Å². The summed E-state index contributed by atoms with van der Waals surface area (Å²) in [4.78, 5) is 45.8. The first-order valence-corrected chi connectivity index (χ1v) is 13.3. The number of nitrogens with zero attached hydrogens (tertiary/aromatic N) is 1. The van der Waals surface area contributed by atoms with Crippen LogP contribution in [0, 0.1) is 11.8 Å². The minimum atomic E-state index is -0.713. The molecule has 2 aliphatic rings. The van der Waals surface area contributed by atoms with Crippen molar-refractivity contribution in [2.75, 3.05) is 6.54 Å². The van der Waals surface area contributed by atoms with Crippen LogP contribution in [0.25, 0.3) is 10.9 Å². The molecule has 0 saturated carbocycles. The monoisotopic (exact) mass is 500 g/mol. The number of aromatic nitrogens is 1. The van der Waals surface area contributed by atoms with Crippen LogP contribution < -0.4 is 10.6 Å². The van der Waals surface area contributed by atoms with Gasteiger partial charge in [-0.25, -0.2) is 0 Å². The third kappa shape index (κ3) is 4.63. The van der Waals surface area contributed by atoms with E-state index in [1.165, 1.54) is 0 Å². The van der Waals surface area contributed by atoms with Crippen LogP contribution in [0.4, 0.5) is 0 Å². The largest absolute Gasteiger partial charge is 0.356 e. The molecule has 3 heterocycles. The van der Waals surface area contributed by atoms with Gasteiger partial charge < -0.3 is 20.5 Å². The van der Waals surface area contributed by atoms with E-state index in [0.717, 1.165) is 34.1 Å². The van der Waals surface area contributed by atoms with Crippen LogP contribution in [0.3, 0.4) is 0 Å². The zero-order chi connectivity index (χ0) is 26.3. The zero-order valence-corrected chi connectivity index (χ0v) is 22.0. The van der Waals surface area contributed by atoms with Crippen molar-refractivity contribution in [3.8, 4) is 0 Å². The van der Waals surface area contributed by atoms with Crippen LogP contribution in [-0.2, 0) is 16.0 Å². The van der Waals surface area contributed by atoms with E-state index in [0.29, 0.717) is 30.9 Å². The van der Waals surface area contributed by atoms with Gasteiger partial charge in [0.05, 0.1) is 6.04 Å². The maximum atomic E-state index is 13.9. The van der Waals surface area contributed by atoms with Crippen molar-refractivity contribution < 1.29 is 14.4 Å². The first kappa shape index (κ1) is 25.1. The predicted octanol–water partition coefficient (Wildman–Crippen LogP) is 4.33. The van der Waals surface area contributed by atoms with Crippen LogP contribution >= 0.6 is 0 Å². The number of amides is 3. The van der Waals surface area contributed by atoms with Crippen molar-refractivity contribution in [3.05, 3.63) is 70.9 Å². The van der Waals surface area contributed by atoms with E-state index in [2.05, 4.69) is 35.5 Å². The fourth-order valence-electron chi connectivity index (χ4n) is 5.72. The van der Waals surface area contributed by atoms with E-state index in [1.54, 1.807) is 4.90 Å². The summed E-state index contributed by atoms with van der Waals surface area (Å²) in [5.74, 6) is 0.0985. The molecular formula is C30H36N4O3. The van der Waals surface area contributed by atoms with Crippen LogP contribution in [0.5, 0.6) is 0 Å². The maximum Gasteiger partial charge on any atom is 0.255 e. The van der Waals surface area contributed by atoms with Crippen LogP contribution in [0.15, 0.2) is 48.5 Å². The Balaban J connectivity index is 1.48. The Morgan fingerprint density at radius 2 is 1.76 bits per heavy atom. The third-order valence-electron chi connectivity index (χ3n) is 7.52. The van der Waals surface area contributed by atoms with Crippen molar-refractivity contribution in [1.82, 2.24) is 20.5 Å². The van der Waals surface area contributed by atoms with E-state index in [-0.39, 0.29) is 29.7 Å². The molecule has 0 spiro atoms. The lowest BCUT2D eigenvalue weighted by Gasteiger charge is -2.37. The molecule has 194 valence electrons. The number of hydrogen-bond donors (Lipinski definition) is 3. The smallest absolute Gasteiger partial charge is 0.255 e. The van der Waals surface area contributed by atoms with Crippen molar-refractivity contribution in [1.29, 1.82) is 0 Å².